The molecule has 6 nitrogen and oxygen atoms in total. The molecule has 0 aromatic heterocycles. The van der Waals surface area contributed by atoms with Crippen LogP contribution in [0.25, 0.3) is 0 Å². The molecule has 476 valence electrons. The van der Waals surface area contributed by atoms with Gasteiger partial charge in [-0.15, -0.1) is 0 Å². The van der Waals surface area contributed by atoms with Crippen LogP contribution in [0.2, 0.25) is 0 Å². The molecule has 0 spiro atoms. The van der Waals surface area contributed by atoms with Gasteiger partial charge in [0.15, 0.2) is 6.10 Å². The van der Waals surface area contributed by atoms with Crippen molar-refractivity contribution >= 4 is 17.9 Å². The number of esters is 3. The molecular weight excluding hydrogens is 1010 g/mol. The van der Waals surface area contributed by atoms with Gasteiger partial charge in [-0.1, -0.05) is 344 Å². The fraction of sp³-hybridized carbons (Fsp3) is 0.803. The number of ether oxygens (including phenoxy) is 3. The molecule has 0 aliphatic carbocycles. The highest BCUT2D eigenvalue weighted by molar-refractivity contribution is 5.71. The Morgan fingerprint density at radius 3 is 0.793 bits per heavy atom. The maximum Gasteiger partial charge on any atom is 0.306 e. The number of hydrogen-bond acceptors (Lipinski definition) is 6. The average molecular weight is 1150 g/mol. The first-order valence-electron chi connectivity index (χ1n) is 35.9. The van der Waals surface area contributed by atoms with E-state index in [0.717, 1.165) is 83.5 Å². The van der Waals surface area contributed by atoms with Crippen molar-refractivity contribution < 1.29 is 28.6 Å². The standard InChI is InChI=1S/C76H136O6/c1-4-7-10-13-16-19-22-25-28-31-32-33-34-35-36-37-38-39-40-41-42-43-44-46-48-51-54-57-60-63-66-69-75(78)81-72-73(71-80-74(77)68-65-62-59-56-53-50-47-30-27-24-21-18-15-12-9-6-3)82-76(79)70-67-64-61-58-55-52-49-45-29-26-23-20-17-14-11-8-5-2/h8,11,17,20,26,29-30,47,49,52,58,61,73H,4-7,9-10,12-16,18-19,21-25,27-28,31-46,48,50-51,53-57,59-60,62-72H2,1-3H3/b11-8-,20-17-,29-26-,47-30-,52-49-,61-58-. The monoisotopic (exact) mass is 1150 g/mol. The molecular formula is C76H136O6. The minimum absolute atomic E-state index is 0.0975. The number of unbranched alkanes of at least 4 members (excludes halogenated alkanes) is 43. The summed E-state index contributed by atoms with van der Waals surface area (Å²) in [5.74, 6) is -0.946. The van der Waals surface area contributed by atoms with E-state index in [0.29, 0.717) is 19.3 Å². The molecule has 0 N–H and O–H groups in total. The van der Waals surface area contributed by atoms with Gasteiger partial charge in [-0.3, -0.25) is 14.4 Å². The van der Waals surface area contributed by atoms with Crippen LogP contribution in [0, 0.1) is 0 Å². The fourth-order valence-electron chi connectivity index (χ4n) is 10.6. The summed E-state index contributed by atoms with van der Waals surface area (Å²) < 4.78 is 16.9. The molecule has 0 saturated heterocycles. The van der Waals surface area contributed by atoms with Crippen LogP contribution in [0.4, 0.5) is 0 Å². The van der Waals surface area contributed by atoms with Crippen LogP contribution in [0.5, 0.6) is 0 Å². The van der Waals surface area contributed by atoms with Crippen molar-refractivity contribution in [3.63, 3.8) is 0 Å². The van der Waals surface area contributed by atoms with E-state index in [1.165, 1.54) is 244 Å². The largest absolute Gasteiger partial charge is 0.462 e. The van der Waals surface area contributed by atoms with E-state index in [1.54, 1.807) is 0 Å². The third-order valence-corrected chi connectivity index (χ3v) is 15.9. The second-order valence-corrected chi connectivity index (χ2v) is 24.1. The van der Waals surface area contributed by atoms with Gasteiger partial charge in [0.1, 0.15) is 13.2 Å². The van der Waals surface area contributed by atoms with Gasteiger partial charge in [0.05, 0.1) is 0 Å². The van der Waals surface area contributed by atoms with E-state index >= 15 is 0 Å². The normalized spacial score (nSPS) is 12.5. The van der Waals surface area contributed by atoms with Crippen LogP contribution < -0.4 is 0 Å². The Kier molecular flexibility index (Phi) is 67.6. The van der Waals surface area contributed by atoms with E-state index < -0.39 is 6.10 Å². The summed E-state index contributed by atoms with van der Waals surface area (Å²) in [6.45, 7) is 6.53. The Balaban J connectivity index is 4.24. The lowest BCUT2D eigenvalue weighted by Crippen LogP contribution is -2.30. The zero-order valence-corrected chi connectivity index (χ0v) is 54.8. The van der Waals surface area contributed by atoms with Gasteiger partial charge in [-0.25, -0.2) is 0 Å². The van der Waals surface area contributed by atoms with Crippen molar-refractivity contribution in [3.8, 4) is 0 Å². The highest BCUT2D eigenvalue weighted by atomic mass is 16.6. The predicted molar refractivity (Wildman–Crippen MR) is 358 cm³/mol. The Morgan fingerprint density at radius 2 is 0.488 bits per heavy atom. The van der Waals surface area contributed by atoms with Crippen LogP contribution in [0.15, 0.2) is 72.9 Å². The number of rotatable bonds is 66. The van der Waals surface area contributed by atoms with Crippen molar-refractivity contribution in [2.45, 2.75) is 380 Å². The molecule has 0 fully saturated rings. The second kappa shape index (κ2) is 70.3. The van der Waals surface area contributed by atoms with Crippen LogP contribution in [0.1, 0.15) is 374 Å². The molecule has 0 heterocycles. The third-order valence-electron chi connectivity index (χ3n) is 15.9. The van der Waals surface area contributed by atoms with Gasteiger partial charge in [-0.05, 0) is 83.5 Å². The number of hydrogen-bond donors (Lipinski definition) is 0. The SMILES string of the molecule is CC/C=C\C/C=C\C/C=C\C/C=C\C/C=C\CCCC(=O)OC(COC(=O)CCCCCCC/C=C\CCCCCCCCC)COC(=O)CCCCCCCCCCCCCCCCCCCCCCCCCCCCCCCCC. The topological polar surface area (TPSA) is 78.9 Å². The summed E-state index contributed by atoms with van der Waals surface area (Å²) in [6.07, 6.45) is 92.5. The van der Waals surface area contributed by atoms with E-state index in [2.05, 4.69) is 93.7 Å². The minimum atomic E-state index is -0.809. The molecule has 0 bridgehead atoms. The van der Waals surface area contributed by atoms with Crippen LogP contribution in [-0.4, -0.2) is 37.2 Å². The third kappa shape index (κ3) is 67.6. The summed E-state index contributed by atoms with van der Waals surface area (Å²) in [5, 5.41) is 0. The first kappa shape index (κ1) is 78.8. The van der Waals surface area contributed by atoms with Crippen LogP contribution in [0.3, 0.4) is 0 Å². The van der Waals surface area contributed by atoms with Crippen molar-refractivity contribution in [2.75, 3.05) is 13.2 Å². The predicted octanol–water partition coefficient (Wildman–Crippen LogP) is 24.8. The fourth-order valence-corrected chi connectivity index (χ4v) is 10.6. The second-order valence-electron chi connectivity index (χ2n) is 24.1. The summed E-state index contributed by atoms with van der Waals surface area (Å²) >= 11 is 0. The molecule has 0 aliphatic heterocycles. The molecule has 0 amide bonds. The molecule has 82 heavy (non-hydrogen) atoms. The summed E-state index contributed by atoms with van der Waals surface area (Å²) in [7, 11) is 0. The van der Waals surface area contributed by atoms with Crippen molar-refractivity contribution in [1.82, 2.24) is 0 Å². The molecule has 0 radical (unpaired) electrons. The number of carbonyl (C=O) groups is 3. The van der Waals surface area contributed by atoms with Crippen LogP contribution in [-0.2, 0) is 28.6 Å². The van der Waals surface area contributed by atoms with Crippen molar-refractivity contribution in [3.05, 3.63) is 72.9 Å². The van der Waals surface area contributed by atoms with Gasteiger partial charge in [0.25, 0.3) is 0 Å². The van der Waals surface area contributed by atoms with E-state index in [4.69, 9.17) is 14.2 Å². The molecule has 0 rings (SSSR count). The Labute approximate surface area is 510 Å². The quantitative estimate of drug-likeness (QED) is 0.0261. The zero-order valence-electron chi connectivity index (χ0n) is 54.8. The van der Waals surface area contributed by atoms with Gasteiger partial charge in [-0.2, -0.15) is 0 Å². The average Bonchev–Trinajstić information content (AvgIpc) is 3.47. The molecule has 6 heteroatoms. The molecule has 0 aromatic carbocycles. The Hall–Kier alpha value is -3.15. The lowest BCUT2D eigenvalue weighted by molar-refractivity contribution is -0.167. The smallest absolute Gasteiger partial charge is 0.306 e. The van der Waals surface area contributed by atoms with Gasteiger partial charge in [0, 0.05) is 19.3 Å². The summed E-state index contributed by atoms with van der Waals surface area (Å²) in [4.78, 5) is 38.4. The summed E-state index contributed by atoms with van der Waals surface area (Å²) in [5.41, 5.74) is 0. The maximum atomic E-state index is 12.9. The highest BCUT2D eigenvalue weighted by Gasteiger charge is 2.19. The van der Waals surface area contributed by atoms with Crippen molar-refractivity contribution in [2.24, 2.45) is 0 Å². The lowest BCUT2D eigenvalue weighted by Gasteiger charge is -2.18. The van der Waals surface area contributed by atoms with Gasteiger partial charge < -0.3 is 14.2 Å². The van der Waals surface area contributed by atoms with Crippen molar-refractivity contribution in [1.29, 1.82) is 0 Å². The zero-order chi connectivity index (χ0) is 59.2. The number of allylic oxidation sites excluding steroid dienone is 12. The first-order chi connectivity index (χ1) is 40.5. The highest BCUT2D eigenvalue weighted by Crippen LogP contribution is 2.18. The number of carbonyl (C=O) groups excluding carboxylic acids is 3. The van der Waals surface area contributed by atoms with Gasteiger partial charge in [0.2, 0.25) is 0 Å². The molecule has 0 aromatic rings. The van der Waals surface area contributed by atoms with E-state index in [9.17, 15) is 14.4 Å². The lowest BCUT2D eigenvalue weighted by atomic mass is 10.0. The van der Waals surface area contributed by atoms with Crippen LogP contribution >= 0.6 is 0 Å². The molecule has 0 aliphatic rings. The molecule has 0 saturated carbocycles. The first-order valence-corrected chi connectivity index (χ1v) is 35.9. The Morgan fingerprint density at radius 1 is 0.256 bits per heavy atom. The van der Waals surface area contributed by atoms with E-state index in [1.807, 2.05) is 0 Å². The summed E-state index contributed by atoms with van der Waals surface area (Å²) in [6, 6.07) is 0. The Bertz CT molecular complexity index is 1500. The molecule has 1 unspecified atom stereocenters. The maximum absolute atomic E-state index is 12.9. The molecule has 1 atom stereocenters. The minimum Gasteiger partial charge on any atom is -0.462 e. The van der Waals surface area contributed by atoms with E-state index in [-0.39, 0.29) is 37.5 Å². The van der Waals surface area contributed by atoms with Gasteiger partial charge >= 0.3 is 17.9 Å².